The summed E-state index contributed by atoms with van der Waals surface area (Å²) in [6.07, 6.45) is 62.3. The second-order valence-electron chi connectivity index (χ2n) is 23.6. The molecule has 2 aliphatic heterocycles. The van der Waals surface area contributed by atoms with Gasteiger partial charge in [-0.2, -0.15) is 0 Å². The number of nitrogens with one attached hydrogen (secondary N) is 1. The maximum atomic E-state index is 13.3. The van der Waals surface area contributed by atoms with E-state index in [0.29, 0.717) is 12.8 Å². The molecule has 0 aliphatic carbocycles. The van der Waals surface area contributed by atoms with E-state index >= 15 is 0 Å². The van der Waals surface area contributed by atoms with Crippen LogP contribution in [0.5, 0.6) is 0 Å². The van der Waals surface area contributed by atoms with Gasteiger partial charge in [-0.3, -0.25) is 4.79 Å². The zero-order valence-corrected chi connectivity index (χ0v) is 53.5. The average molecular weight is 1210 g/mol. The molecule has 494 valence electrons. The Hall–Kier alpha value is -3.35. The normalized spacial score (nSPS) is 24.1. The summed E-state index contributed by atoms with van der Waals surface area (Å²) in [5.74, 6) is -0.228. The topological polar surface area (TPSA) is 228 Å². The number of allylic oxidation sites excluding steroid dienone is 18. The largest absolute Gasteiger partial charge is 0.394 e. The van der Waals surface area contributed by atoms with E-state index in [2.05, 4.69) is 129 Å². The van der Waals surface area contributed by atoms with E-state index < -0.39 is 86.8 Å². The van der Waals surface area contributed by atoms with Crippen molar-refractivity contribution < 1.29 is 64.6 Å². The smallest absolute Gasteiger partial charge is 0.220 e. The molecule has 0 spiro atoms. The van der Waals surface area contributed by atoms with Crippen LogP contribution in [0.25, 0.3) is 0 Å². The lowest BCUT2D eigenvalue weighted by Gasteiger charge is -2.46. The summed E-state index contributed by atoms with van der Waals surface area (Å²) < 4.78 is 22.9. The summed E-state index contributed by atoms with van der Waals surface area (Å²) in [7, 11) is 0. The number of ether oxygens (including phenoxy) is 4. The van der Waals surface area contributed by atoms with Gasteiger partial charge in [0.25, 0.3) is 0 Å². The molecule has 14 heteroatoms. The van der Waals surface area contributed by atoms with Gasteiger partial charge in [0.1, 0.15) is 48.8 Å². The van der Waals surface area contributed by atoms with Gasteiger partial charge in [-0.1, -0.05) is 264 Å². The zero-order valence-electron chi connectivity index (χ0n) is 53.5. The molecule has 0 saturated carbocycles. The number of carbonyl (C=O) groups excluding carboxylic acids is 1. The second-order valence-corrected chi connectivity index (χ2v) is 23.6. The van der Waals surface area contributed by atoms with Gasteiger partial charge in [0, 0.05) is 6.42 Å². The molecule has 2 fully saturated rings. The molecule has 12 unspecified atom stereocenters. The van der Waals surface area contributed by atoms with Crippen molar-refractivity contribution in [1.29, 1.82) is 0 Å². The summed E-state index contributed by atoms with van der Waals surface area (Å²) in [6.45, 7) is 2.74. The Morgan fingerprint density at radius 1 is 0.430 bits per heavy atom. The Morgan fingerprint density at radius 3 is 1.23 bits per heavy atom. The predicted molar refractivity (Wildman–Crippen MR) is 350 cm³/mol. The van der Waals surface area contributed by atoms with Gasteiger partial charge in [-0.25, -0.2) is 0 Å². The first kappa shape index (κ1) is 78.7. The molecule has 9 N–H and O–H groups in total. The van der Waals surface area contributed by atoms with Crippen molar-refractivity contribution in [1.82, 2.24) is 5.32 Å². The van der Waals surface area contributed by atoms with Gasteiger partial charge in [0.2, 0.25) is 5.91 Å². The van der Waals surface area contributed by atoms with E-state index in [0.717, 1.165) is 116 Å². The zero-order chi connectivity index (χ0) is 62.3. The van der Waals surface area contributed by atoms with Gasteiger partial charge in [0.05, 0.1) is 32.0 Å². The summed E-state index contributed by atoms with van der Waals surface area (Å²) in [4.78, 5) is 13.3. The summed E-state index contributed by atoms with van der Waals surface area (Å²) in [6, 6.07) is -0.848. The lowest BCUT2D eigenvalue weighted by Crippen LogP contribution is -2.65. The Morgan fingerprint density at radius 2 is 0.802 bits per heavy atom. The van der Waals surface area contributed by atoms with Gasteiger partial charge in [-0.05, 0) is 83.5 Å². The molecule has 2 saturated heterocycles. The van der Waals surface area contributed by atoms with Crippen LogP contribution in [0.2, 0.25) is 0 Å². The highest BCUT2D eigenvalue weighted by atomic mass is 16.7. The van der Waals surface area contributed by atoms with E-state index in [1.807, 2.05) is 0 Å². The molecule has 2 rings (SSSR count). The minimum atomic E-state index is -1.79. The first-order valence-electron chi connectivity index (χ1n) is 34.1. The molecule has 0 aromatic heterocycles. The number of rotatable bonds is 54. The number of aliphatic hydroxyl groups excluding tert-OH is 8. The first-order chi connectivity index (χ1) is 42.1. The Labute approximate surface area is 521 Å². The second kappa shape index (κ2) is 55.7. The number of amides is 1. The minimum absolute atomic E-state index is 0.228. The third kappa shape index (κ3) is 39.6. The van der Waals surface area contributed by atoms with E-state index in [-0.39, 0.29) is 18.9 Å². The number of carbonyl (C=O) groups is 1. The molecular weight excluding hydrogens is 1090 g/mol. The Bertz CT molecular complexity index is 1860. The van der Waals surface area contributed by atoms with Gasteiger partial charge >= 0.3 is 0 Å². The Balaban J connectivity index is 1.70. The van der Waals surface area contributed by atoms with Crippen molar-refractivity contribution in [3.05, 3.63) is 109 Å². The Kier molecular flexibility index (Phi) is 51.0. The predicted octanol–water partition coefficient (Wildman–Crippen LogP) is 13.6. The van der Waals surface area contributed by atoms with E-state index in [4.69, 9.17) is 18.9 Å². The maximum Gasteiger partial charge on any atom is 0.220 e. The number of aliphatic hydroxyl groups is 8. The highest BCUT2D eigenvalue weighted by Gasteiger charge is 2.51. The van der Waals surface area contributed by atoms with Gasteiger partial charge in [0.15, 0.2) is 12.6 Å². The van der Waals surface area contributed by atoms with Crippen LogP contribution in [0.15, 0.2) is 109 Å². The third-order valence-corrected chi connectivity index (χ3v) is 16.0. The van der Waals surface area contributed by atoms with Crippen LogP contribution in [0.3, 0.4) is 0 Å². The van der Waals surface area contributed by atoms with Crippen molar-refractivity contribution >= 4 is 5.91 Å². The molecule has 0 radical (unpaired) electrons. The SMILES string of the molecule is CC/C=C\C/C=C\C/C=C\C/C=C\C/C=C\C/C=C\C/C=C\C/C=C\C/C=C\CCCCCCCC(=O)NC(COC1OC(CO)C(OC2OC(CO)C(O)C(O)C2O)C(O)C1O)C(O)CCCCCCCCCCCCCCCCCCCCC. The minimum Gasteiger partial charge on any atom is -0.394 e. The highest BCUT2D eigenvalue weighted by molar-refractivity contribution is 5.76. The fraction of sp³-hybridized carbons (Fsp3) is 0.736. The van der Waals surface area contributed by atoms with Crippen molar-refractivity contribution in [2.24, 2.45) is 0 Å². The fourth-order valence-corrected chi connectivity index (χ4v) is 10.6. The van der Waals surface area contributed by atoms with Crippen LogP contribution in [0.1, 0.15) is 245 Å². The monoisotopic (exact) mass is 1210 g/mol. The van der Waals surface area contributed by atoms with Gasteiger partial charge < -0.3 is 65.1 Å². The molecule has 1 amide bonds. The van der Waals surface area contributed by atoms with E-state index in [1.54, 1.807) is 0 Å². The summed E-state index contributed by atoms with van der Waals surface area (Å²) in [5.41, 5.74) is 0. The molecule has 0 bridgehead atoms. The number of unbranched alkanes of at least 4 members (excludes halogenated alkanes) is 23. The van der Waals surface area contributed by atoms with Crippen molar-refractivity contribution in [3.63, 3.8) is 0 Å². The third-order valence-electron chi connectivity index (χ3n) is 16.0. The van der Waals surface area contributed by atoms with Crippen molar-refractivity contribution in [2.45, 2.75) is 319 Å². The highest BCUT2D eigenvalue weighted by Crippen LogP contribution is 2.30. The van der Waals surface area contributed by atoms with E-state index in [1.165, 1.54) is 96.3 Å². The standard InChI is InChI=1S/C72H123NO13/c1-3-5-7-9-11-13-15-17-19-21-23-24-25-26-27-28-29-30-31-32-33-34-35-36-38-40-42-44-46-48-50-52-54-56-64(77)73-60(61(76)55-53-51-49-47-45-43-41-39-37-22-20-18-16-14-12-10-8-6-4-2)59-83-71-69(82)67(80)70(63(58-75)85-71)86-72-68(81)66(79)65(78)62(57-74)84-72/h5,7,11,13,17,19,23-24,26-27,29-30,32-33,35-36,40,42,60-63,65-72,74-76,78-82H,3-4,6,8-10,12,14-16,18,20-22,25,28,31,34,37-39,41,43-59H2,1-2H3,(H,73,77)/b7-5-,13-11-,19-17-,24-23-,27-26-,30-29-,33-32-,36-35-,42-40-. The van der Waals surface area contributed by atoms with Crippen LogP contribution in [-0.2, 0) is 23.7 Å². The van der Waals surface area contributed by atoms with Gasteiger partial charge in [-0.15, -0.1) is 0 Å². The molecule has 0 aromatic carbocycles. The molecule has 0 aromatic rings. The summed E-state index contributed by atoms with van der Waals surface area (Å²) >= 11 is 0. The maximum absolute atomic E-state index is 13.3. The lowest BCUT2D eigenvalue weighted by molar-refractivity contribution is -0.359. The molecule has 12 atom stereocenters. The van der Waals surface area contributed by atoms with Crippen LogP contribution in [-0.4, -0.2) is 140 Å². The number of hydrogen-bond donors (Lipinski definition) is 9. The molecule has 14 nitrogen and oxygen atoms in total. The van der Waals surface area contributed by atoms with Crippen LogP contribution in [0.4, 0.5) is 0 Å². The average Bonchev–Trinajstić information content (AvgIpc) is 2.63. The molecule has 2 heterocycles. The number of hydrogen-bond acceptors (Lipinski definition) is 13. The first-order valence-corrected chi connectivity index (χ1v) is 34.1. The van der Waals surface area contributed by atoms with Crippen LogP contribution >= 0.6 is 0 Å². The lowest BCUT2D eigenvalue weighted by atomic mass is 9.97. The van der Waals surface area contributed by atoms with Crippen LogP contribution in [0, 0.1) is 0 Å². The van der Waals surface area contributed by atoms with Crippen molar-refractivity contribution in [3.8, 4) is 0 Å². The fourth-order valence-electron chi connectivity index (χ4n) is 10.6. The van der Waals surface area contributed by atoms with Crippen LogP contribution < -0.4 is 5.32 Å². The molecular formula is C72H123NO13. The summed E-state index contributed by atoms with van der Waals surface area (Å²) in [5, 5.41) is 87.5. The molecule has 2 aliphatic rings. The quantitative estimate of drug-likeness (QED) is 0.0204. The van der Waals surface area contributed by atoms with Crippen molar-refractivity contribution in [2.75, 3.05) is 19.8 Å². The molecule has 86 heavy (non-hydrogen) atoms. The van der Waals surface area contributed by atoms with E-state index in [9.17, 15) is 45.6 Å².